The predicted molar refractivity (Wildman–Crippen MR) is 84.8 cm³/mol. The zero-order chi connectivity index (χ0) is 15.8. The number of carbonyl (C=O) groups is 1. The summed E-state index contributed by atoms with van der Waals surface area (Å²) >= 11 is 0. The topological polar surface area (TPSA) is 38.8 Å². The number of rotatable bonds is 8. The van der Waals surface area contributed by atoms with Gasteiger partial charge in [0, 0.05) is 20.2 Å². The van der Waals surface area contributed by atoms with Gasteiger partial charge in [0.05, 0.1) is 6.61 Å². The molecule has 0 heterocycles. The van der Waals surface area contributed by atoms with E-state index < -0.39 is 0 Å². The Labute approximate surface area is 128 Å². The third-order valence-electron chi connectivity index (χ3n) is 3.38. The van der Waals surface area contributed by atoms with Crippen LogP contribution in [0.4, 0.5) is 0 Å². The number of hydrogen-bond donors (Lipinski definition) is 0. The number of ether oxygens (including phenoxy) is 2. The van der Waals surface area contributed by atoms with Gasteiger partial charge in [-0.15, -0.1) is 0 Å². The number of carbonyl (C=O) groups excluding carboxylic acids is 1. The molecule has 1 amide bonds. The lowest BCUT2D eigenvalue weighted by Gasteiger charge is -2.21. The summed E-state index contributed by atoms with van der Waals surface area (Å²) in [7, 11) is 1.80. The van der Waals surface area contributed by atoms with Crippen LogP contribution in [0.2, 0.25) is 0 Å². The van der Waals surface area contributed by atoms with Crippen molar-refractivity contribution in [3.63, 3.8) is 0 Å². The third-order valence-corrected chi connectivity index (χ3v) is 3.38. The first-order valence-electron chi connectivity index (χ1n) is 7.52. The van der Waals surface area contributed by atoms with Crippen LogP contribution < -0.4 is 4.74 Å². The summed E-state index contributed by atoms with van der Waals surface area (Å²) in [4.78, 5) is 13.7. The van der Waals surface area contributed by atoms with Gasteiger partial charge in [-0.05, 0) is 51.3 Å². The van der Waals surface area contributed by atoms with Crippen molar-refractivity contribution in [3.8, 4) is 5.75 Å². The van der Waals surface area contributed by atoms with Gasteiger partial charge in [0.2, 0.25) is 0 Å². The minimum absolute atomic E-state index is 0.0172. The van der Waals surface area contributed by atoms with Gasteiger partial charge < -0.3 is 14.4 Å². The Morgan fingerprint density at radius 2 is 2.05 bits per heavy atom. The molecule has 1 aromatic rings. The van der Waals surface area contributed by atoms with Crippen LogP contribution in [0, 0.1) is 13.8 Å². The molecule has 118 valence electrons. The molecule has 0 radical (unpaired) electrons. The number of amides is 1. The molecule has 1 aromatic carbocycles. The zero-order valence-electron chi connectivity index (χ0n) is 13.8. The van der Waals surface area contributed by atoms with E-state index in [1.165, 1.54) is 5.56 Å². The Morgan fingerprint density at radius 3 is 2.71 bits per heavy atom. The molecule has 1 atom stereocenters. The van der Waals surface area contributed by atoms with Gasteiger partial charge in [-0.1, -0.05) is 12.1 Å². The number of nitrogens with zero attached hydrogens (tertiary/aromatic N) is 1. The van der Waals surface area contributed by atoms with Crippen LogP contribution in [0.25, 0.3) is 0 Å². The molecule has 1 unspecified atom stereocenters. The molecular weight excluding hydrogens is 266 g/mol. The number of hydrogen-bond acceptors (Lipinski definition) is 3. The van der Waals surface area contributed by atoms with Crippen molar-refractivity contribution >= 4 is 5.91 Å². The first-order chi connectivity index (χ1) is 9.95. The van der Waals surface area contributed by atoms with Crippen LogP contribution in [0.5, 0.6) is 5.75 Å². The maximum atomic E-state index is 12.0. The van der Waals surface area contributed by atoms with Crippen LogP contribution in [0.15, 0.2) is 18.2 Å². The lowest BCUT2D eigenvalue weighted by molar-refractivity contribution is -0.141. The molecule has 0 N–H and O–H groups in total. The summed E-state index contributed by atoms with van der Waals surface area (Å²) in [5.74, 6) is 0.940. The quantitative estimate of drug-likeness (QED) is 0.692. The SMILES string of the molecule is CCOC(C)C(=O)N(C)CCCOc1cc(C)ccc1C. The summed E-state index contributed by atoms with van der Waals surface area (Å²) in [5.41, 5.74) is 2.32. The normalized spacial score (nSPS) is 12.0. The van der Waals surface area contributed by atoms with Crippen molar-refractivity contribution in [1.29, 1.82) is 0 Å². The first kappa shape index (κ1) is 17.5. The molecule has 0 aromatic heterocycles. The average molecular weight is 293 g/mol. The molecule has 0 aliphatic heterocycles. The summed E-state index contributed by atoms with van der Waals surface area (Å²) in [6.45, 7) is 9.58. The van der Waals surface area contributed by atoms with Gasteiger partial charge in [-0.25, -0.2) is 0 Å². The van der Waals surface area contributed by atoms with Gasteiger partial charge in [0.1, 0.15) is 11.9 Å². The first-order valence-corrected chi connectivity index (χ1v) is 7.52. The highest BCUT2D eigenvalue weighted by atomic mass is 16.5. The molecule has 0 spiro atoms. The molecule has 4 nitrogen and oxygen atoms in total. The molecule has 0 aliphatic carbocycles. The van der Waals surface area contributed by atoms with Gasteiger partial charge in [-0.3, -0.25) is 4.79 Å². The lowest BCUT2D eigenvalue weighted by atomic mass is 10.1. The van der Waals surface area contributed by atoms with Crippen molar-refractivity contribution in [3.05, 3.63) is 29.3 Å². The Bertz CT molecular complexity index is 459. The summed E-state index contributed by atoms with van der Waals surface area (Å²) < 4.78 is 11.1. The molecular formula is C17H27NO3. The number of aryl methyl sites for hydroxylation is 2. The van der Waals surface area contributed by atoms with Gasteiger partial charge in [0.15, 0.2) is 0 Å². The molecule has 0 aliphatic rings. The smallest absolute Gasteiger partial charge is 0.251 e. The largest absolute Gasteiger partial charge is 0.493 e. The Hall–Kier alpha value is -1.55. The maximum Gasteiger partial charge on any atom is 0.251 e. The van der Waals surface area contributed by atoms with Crippen LogP contribution in [0.1, 0.15) is 31.4 Å². The van der Waals surface area contributed by atoms with Gasteiger partial charge in [0.25, 0.3) is 5.91 Å². The Balaban J connectivity index is 2.33. The second kappa shape index (κ2) is 8.67. The Morgan fingerprint density at radius 1 is 1.33 bits per heavy atom. The second-order valence-corrected chi connectivity index (χ2v) is 5.33. The van der Waals surface area contributed by atoms with E-state index in [1.54, 1.807) is 18.9 Å². The van der Waals surface area contributed by atoms with E-state index in [2.05, 4.69) is 12.1 Å². The van der Waals surface area contributed by atoms with Crippen LogP contribution in [0.3, 0.4) is 0 Å². The highest BCUT2D eigenvalue weighted by Crippen LogP contribution is 2.19. The van der Waals surface area contributed by atoms with Gasteiger partial charge >= 0.3 is 0 Å². The van der Waals surface area contributed by atoms with Crippen molar-refractivity contribution in [2.24, 2.45) is 0 Å². The summed E-state index contributed by atoms with van der Waals surface area (Å²) in [6.07, 6.45) is 0.425. The average Bonchev–Trinajstić information content (AvgIpc) is 2.46. The van der Waals surface area contributed by atoms with E-state index >= 15 is 0 Å². The van der Waals surface area contributed by atoms with Crippen molar-refractivity contribution < 1.29 is 14.3 Å². The zero-order valence-corrected chi connectivity index (χ0v) is 13.8. The third kappa shape index (κ3) is 5.76. The van der Waals surface area contributed by atoms with E-state index in [9.17, 15) is 4.79 Å². The van der Waals surface area contributed by atoms with Crippen molar-refractivity contribution in [2.75, 3.05) is 26.8 Å². The highest BCUT2D eigenvalue weighted by Gasteiger charge is 2.16. The fraction of sp³-hybridized carbons (Fsp3) is 0.588. The van der Waals surface area contributed by atoms with E-state index in [1.807, 2.05) is 26.8 Å². The molecule has 0 saturated heterocycles. The van der Waals surface area contributed by atoms with Crippen LogP contribution in [-0.2, 0) is 9.53 Å². The van der Waals surface area contributed by atoms with Crippen LogP contribution in [-0.4, -0.2) is 43.7 Å². The maximum absolute atomic E-state index is 12.0. The minimum atomic E-state index is -0.375. The van der Waals surface area contributed by atoms with E-state index in [-0.39, 0.29) is 12.0 Å². The fourth-order valence-corrected chi connectivity index (χ4v) is 2.09. The second-order valence-electron chi connectivity index (χ2n) is 5.33. The monoisotopic (exact) mass is 293 g/mol. The standard InChI is InChI=1S/C17H27NO3/c1-6-20-15(4)17(19)18(5)10-7-11-21-16-12-13(2)8-9-14(16)3/h8-9,12,15H,6-7,10-11H2,1-5H3. The molecule has 21 heavy (non-hydrogen) atoms. The van der Waals surface area contributed by atoms with Crippen LogP contribution >= 0.6 is 0 Å². The Kier molecular flexibility index (Phi) is 7.23. The van der Waals surface area contributed by atoms with E-state index in [4.69, 9.17) is 9.47 Å². The summed E-state index contributed by atoms with van der Waals surface area (Å²) in [5, 5.41) is 0. The molecule has 0 fully saturated rings. The predicted octanol–water partition coefficient (Wildman–Crippen LogP) is 2.96. The minimum Gasteiger partial charge on any atom is -0.493 e. The number of likely N-dealkylation sites (N-methyl/N-ethyl adjacent to an activating group) is 1. The number of benzene rings is 1. The lowest BCUT2D eigenvalue weighted by Crippen LogP contribution is -2.37. The van der Waals surface area contributed by atoms with Crippen molar-refractivity contribution in [1.82, 2.24) is 4.90 Å². The fourth-order valence-electron chi connectivity index (χ4n) is 2.09. The van der Waals surface area contributed by atoms with Crippen molar-refractivity contribution in [2.45, 2.75) is 40.2 Å². The molecule has 0 saturated carbocycles. The van der Waals surface area contributed by atoms with E-state index in [0.717, 1.165) is 17.7 Å². The van der Waals surface area contributed by atoms with Gasteiger partial charge in [-0.2, -0.15) is 0 Å². The van der Waals surface area contributed by atoms with E-state index in [0.29, 0.717) is 19.8 Å². The molecule has 1 rings (SSSR count). The molecule has 4 heteroatoms. The highest BCUT2D eigenvalue weighted by molar-refractivity contribution is 5.80. The summed E-state index contributed by atoms with van der Waals surface area (Å²) in [6, 6.07) is 6.18. The molecule has 0 bridgehead atoms.